The third-order valence-electron chi connectivity index (χ3n) is 0.585. The first-order valence-corrected chi connectivity index (χ1v) is 2.44. The van der Waals surface area contributed by atoms with Crippen LogP contribution >= 0.6 is 0 Å². The van der Waals surface area contributed by atoms with Crippen molar-refractivity contribution in [2.45, 2.75) is 20.0 Å². The molecule has 0 spiro atoms. The molecular formula is C5H8O4. The fourth-order valence-corrected chi connectivity index (χ4v) is 0.227. The van der Waals surface area contributed by atoms with Gasteiger partial charge in [0.05, 0.1) is 0 Å². The fourth-order valence-electron chi connectivity index (χ4n) is 0.227. The number of ether oxygens (including phenoxy) is 1. The molecule has 0 heterocycles. The highest BCUT2D eigenvalue weighted by molar-refractivity contribution is 5.86. The van der Waals surface area contributed by atoms with Gasteiger partial charge in [-0.25, -0.2) is 4.79 Å². The Labute approximate surface area is 52.4 Å². The van der Waals surface area contributed by atoms with Crippen molar-refractivity contribution in [1.82, 2.24) is 0 Å². The van der Waals surface area contributed by atoms with Gasteiger partial charge in [-0.3, -0.25) is 4.79 Å². The Morgan fingerprint density at radius 1 is 1.56 bits per heavy atom. The summed E-state index contributed by atoms with van der Waals surface area (Å²) in [6, 6.07) is 0. The van der Waals surface area contributed by atoms with Gasteiger partial charge < -0.3 is 9.84 Å². The molecule has 1 N–H and O–H groups in total. The number of rotatable bonds is 1. The number of hydrogen-bond donors (Lipinski definition) is 1. The van der Waals surface area contributed by atoms with Gasteiger partial charge in [0.25, 0.3) is 0 Å². The molecule has 0 aromatic rings. The maximum Gasteiger partial charge on any atom is 0.342 e. The standard InChI is InChI=1S/C5H8O4/c1-3(6)5(8)9-4(2)7/h3,6H,1-2H3/t3-/m0/s1. The van der Waals surface area contributed by atoms with E-state index in [0.717, 1.165) is 6.92 Å². The molecule has 4 nitrogen and oxygen atoms in total. The molecule has 0 aliphatic heterocycles. The van der Waals surface area contributed by atoms with Crippen molar-refractivity contribution < 1.29 is 19.4 Å². The first kappa shape index (κ1) is 8.10. The number of hydrogen-bond acceptors (Lipinski definition) is 4. The van der Waals surface area contributed by atoms with Gasteiger partial charge in [-0.15, -0.1) is 0 Å². The van der Waals surface area contributed by atoms with Crippen molar-refractivity contribution >= 4 is 11.9 Å². The molecule has 0 amide bonds. The smallest absolute Gasteiger partial charge is 0.342 e. The largest absolute Gasteiger partial charge is 0.391 e. The second kappa shape index (κ2) is 3.19. The Bertz CT molecular complexity index is 127. The van der Waals surface area contributed by atoms with E-state index in [1.807, 2.05) is 0 Å². The van der Waals surface area contributed by atoms with E-state index in [1.165, 1.54) is 6.92 Å². The first-order valence-electron chi connectivity index (χ1n) is 2.44. The van der Waals surface area contributed by atoms with Crippen LogP contribution in [0.5, 0.6) is 0 Å². The predicted molar refractivity (Wildman–Crippen MR) is 28.5 cm³/mol. The normalized spacial score (nSPS) is 12.3. The number of carbonyl (C=O) groups excluding carboxylic acids is 2. The molecule has 0 aromatic carbocycles. The number of aliphatic hydroxyl groups is 1. The predicted octanol–water partition coefficient (Wildman–Crippen LogP) is -0.543. The Kier molecular flexibility index (Phi) is 2.87. The number of esters is 2. The molecule has 0 aromatic heterocycles. The van der Waals surface area contributed by atoms with Crippen LogP contribution < -0.4 is 0 Å². The highest BCUT2D eigenvalue weighted by atomic mass is 16.6. The lowest BCUT2D eigenvalue weighted by Crippen LogP contribution is -2.21. The molecule has 0 rings (SSSR count). The third kappa shape index (κ3) is 3.66. The molecule has 0 saturated carbocycles. The maximum atomic E-state index is 10.3. The van der Waals surface area contributed by atoms with Gasteiger partial charge in [0.15, 0.2) is 0 Å². The third-order valence-corrected chi connectivity index (χ3v) is 0.585. The van der Waals surface area contributed by atoms with Crippen LogP contribution in [0.1, 0.15) is 13.8 Å². The van der Waals surface area contributed by atoms with Gasteiger partial charge in [0.2, 0.25) is 0 Å². The van der Waals surface area contributed by atoms with E-state index >= 15 is 0 Å². The van der Waals surface area contributed by atoms with Crippen molar-refractivity contribution in [1.29, 1.82) is 0 Å². The Morgan fingerprint density at radius 3 is 2.11 bits per heavy atom. The minimum Gasteiger partial charge on any atom is -0.391 e. The highest BCUT2D eigenvalue weighted by Crippen LogP contribution is 1.85. The summed E-state index contributed by atoms with van der Waals surface area (Å²) in [4.78, 5) is 20.3. The lowest BCUT2D eigenvalue weighted by atomic mass is 10.4. The average molecular weight is 132 g/mol. The molecule has 1 atom stereocenters. The van der Waals surface area contributed by atoms with E-state index in [0.29, 0.717) is 0 Å². The highest BCUT2D eigenvalue weighted by Gasteiger charge is 2.11. The molecule has 0 unspecified atom stereocenters. The molecule has 0 radical (unpaired) electrons. The van der Waals surface area contributed by atoms with E-state index in [-0.39, 0.29) is 0 Å². The monoisotopic (exact) mass is 132 g/mol. The van der Waals surface area contributed by atoms with E-state index in [9.17, 15) is 9.59 Å². The Morgan fingerprint density at radius 2 is 2.00 bits per heavy atom. The van der Waals surface area contributed by atoms with Gasteiger partial charge in [-0.05, 0) is 6.92 Å². The van der Waals surface area contributed by atoms with Crippen LogP contribution in [0.15, 0.2) is 0 Å². The first-order chi connectivity index (χ1) is 4.04. The zero-order valence-corrected chi connectivity index (χ0v) is 5.25. The van der Waals surface area contributed by atoms with Gasteiger partial charge in [0, 0.05) is 6.92 Å². The average Bonchev–Trinajstić information content (AvgIpc) is 1.63. The lowest BCUT2D eigenvalue weighted by Gasteiger charge is -1.99. The maximum absolute atomic E-state index is 10.3. The molecule has 0 saturated heterocycles. The summed E-state index contributed by atoms with van der Waals surface area (Å²) in [5, 5.41) is 8.44. The van der Waals surface area contributed by atoms with Crippen LogP contribution in [0.4, 0.5) is 0 Å². The Balaban J connectivity index is 3.64. The summed E-state index contributed by atoms with van der Waals surface area (Å²) in [6.07, 6.45) is -1.23. The van der Waals surface area contributed by atoms with Crippen LogP contribution in [-0.4, -0.2) is 23.1 Å². The molecular weight excluding hydrogens is 124 g/mol. The van der Waals surface area contributed by atoms with Crippen LogP contribution in [0, 0.1) is 0 Å². The quantitative estimate of drug-likeness (QED) is 0.384. The van der Waals surface area contributed by atoms with Gasteiger partial charge in [0.1, 0.15) is 6.10 Å². The number of aliphatic hydroxyl groups excluding tert-OH is 1. The zero-order valence-electron chi connectivity index (χ0n) is 5.25. The second-order valence-electron chi connectivity index (χ2n) is 1.59. The van der Waals surface area contributed by atoms with E-state index in [1.54, 1.807) is 0 Å². The summed E-state index contributed by atoms with van der Waals surface area (Å²) >= 11 is 0. The minimum atomic E-state index is -1.23. The molecule has 9 heavy (non-hydrogen) atoms. The van der Waals surface area contributed by atoms with E-state index in [2.05, 4.69) is 4.74 Å². The van der Waals surface area contributed by atoms with Gasteiger partial charge >= 0.3 is 11.9 Å². The molecule has 0 fully saturated rings. The van der Waals surface area contributed by atoms with Crippen LogP contribution in [-0.2, 0) is 14.3 Å². The number of carbonyl (C=O) groups is 2. The molecule has 52 valence electrons. The SMILES string of the molecule is CC(=O)OC(=O)[C@H](C)O. The second-order valence-corrected chi connectivity index (χ2v) is 1.59. The van der Waals surface area contributed by atoms with Gasteiger partial charge in [-0.2, -0.15) is 0 Å². The molecule has 0 aliphatic rings. The van der Waals surface area contributed by atoms with Crippen molar-refractivity contribution in [3.8, 4) is 0 Å². The van der Waals surface area contributed by atoms with Gasteiger partial charge in [-0.1, -0.05) is 0 Å². The van der Waals surface area contributed by atoms with Crippen molar-refractivity contribution in [3.63, 3.8) is 0 Å². The van der Waals surface area contributed by atoms with Crippen molar-refractivity contribution in [2.75, 3.05) is 0 Å². The topological polar surface area (TPSA) is 63.6 Å². The Hall–Kier alpha value is -0.900. The summed E-state index contributed by atoms with van der Waals surface area (Å²) in [7, 11) is 0. The summed E-state index contributed by atoms with van der Waals surface area (Å²) < 4.78 is 3.98. The van der Waals surface area contributed by atoms with Crippen molar-refractivity contribution in [2.24, 2.45) is 0 Å². The summed E-state index contributed by atoms with van der Waals surface area (Å²) in [5.41, 5.74) is 0. The lowest BCUT2D eigenvalue weighted by molar-refractivity contribution is -0.163. The van der Waals surface area contributed by atoms with E-state index in [4.69, 9.17) is 5.11 Å². The zero-order chi connectivity index (χ0) is 7.44. The van der Waals surface area contributed by atoms with Crippen LogP contribution in [0.3, 0.4) is 0 Å². The summed E-state index contributed by atoms with van der Waals surface area (Å²) in [6.45, 7) is 2.32. The fraction of sp³-hybridized carbons (Fsp3) is 0.600. The van der Waals surface area contributed by atoms with Crippen molar-refractivity contribution in [3.05, 3.63) is 0 Å². The minimum absolute atomic E-state index is 0.707. The van der Waals surface area contributed by atoms with E-state index < -0.39 is 18.0 Å². The van der Waals surface area contributed by atoms with Crippen LogP contribution in [0.2, 0.25) is 0 Å². The molecule has 4 heteroatoms. The van der Waals surface area contributed by atoms with Crippen LogP contribution in [0.25, 0.3) is 0 Å². The summed E-state index contributed by atoms with van der Waals surface area (Å²) in [5.74, 6) is -1.62. The molecule has 0 aliphatic carbocycles. The molecule has 0 bridgehead atoms.